The molecule has 3 rings (SSSR count). The number of nitrogens with zero attached hydrogens (tertiary/aromatic N) is 1. The topological polar surface area (TPSA) is 59.4 Å². The van der Waals surface area contributed by atoms with Crippen molar-refractivity contribution in [3.8, 4) is 11.6 Å². The van der Waals surface area contributed by atoms with E-state index in [-0.39, 0.29) is 11.6 Å². The van der Waals surface area contributed by atoms with Crippen LogP contribution in [-0.4, -0.2) is 16.1 Å². The van der Waals surface area contributed by atoms with Crippen LogP contribution in [0.4, 0.5) is 4.39 Å². The number of aromatic carboxylic acids is 1. The van der Waals surface area contributed by atoms with E-state index in [9.17, 15) is 9.18 Å². The second kappa shape index (κ2) is 5.20. The molecule has 5 heteroatoms. The number of aromatic nitrogens is 1. The summed E-state index contributed by atoms with van der Waals surface area (Å²) in [4.78, 5) is 15.4. The number of rotatable bonds is 3. The fourth-order valence-electron chi connectivity index (χ4n) is 2.01. The van der Waals surface area contributed by atoms with Gasteiger partial charge in [0.1, 0.15) is 17.1 Å². The molecule has 4 nitrogen and oxygen atoms in total. The van der Waals surface area contributed by atoms with Gasteiger partial charge in [-0.2, -0.15) is 0 Å². The zero-order chi connectivity index (χ0) is 14.8. The number of hydrogen-bond acceptors (Lipinski definition) is 3. The molecule has 0 bridgehead atoms. The summed E-state index contributed by atoms with van der Waals surface area (Å²) in [5.74, 6) is -2.10. The molecule has 0 aliphatic heterocycles. The number of carboxylic acid groups (broad SMARTS) is 1. The molecule has 21 heavy (non-hydrogen) atoms. The van der Waals surface area contributed by atoms with Gasteiger partial charge in [-0.3, -0.25) is 0 Å². The molecule has 104 valence electrons. The predicted molar refractivity (Wildman–Crippen MR) is 75.2 cm³/mol. The third-order valence-corrected chi connectivity index (χ3v) is 2.98. The fraction of sp³-hybridized carbons (Fsp3) is 0. The molecule has 0 atom stereocenters. The van der Waals surface area contributed by atoms with Gasteiger partial charge >= 0.3 is 5.97 Å². The quantitative estimate of drug-likeness (QED) is 0.792. The molecular weight excluding hydrogens is 273 g/mol. The summed E-state index contributed by atoms with van der Waals surface area (Å²) in [5, 5.41) is 9.99. The fourth-order valence-corrected chi connectivity index (χ4v) is 2.01. The molecule has 0 unspecified atom stereocenters. The van der Waals surface area contributed by atoms with Gasteiger partial charge in [0.25, 0.3) is 0 Å². The van der Waals surface area contributed by atoms with Crippen LogP contribution in [0, 0.1) is 5.82 Å². The van der Waals surface area contributed by atoms with Gasteiger partial charge in [-0.05, 0) is 24.3 Å². The van der Waals surface area contributed by atoms with Crippen molar-refractivity contribution < 1.29 is 19.0 Å². The van der Waals surface area contributed by atoms with Gasteiger partial charge in [-0.15, -0.1) is 0 Å². The van der Waals surface area contributed by atoms with Crippen molar-refractivity contribution in [1.29, 1.82) is 0 Å². The van der Waals surface area contributed by atoms with Crippen LogP contribution in [-0.2, 0) is 0 Å². The average Bonchev–Trinajstić information content (AvgIpc) is 2.47. The predicted octanol–water partition coefficient (Wildman–Crippen LogP) is 3.86. The summed E-state index contributed by atoms with van der Waals surface area (Å²) in [6.07, 6.45) is 0. The third kappa shape index (κ3) is 2.53. The normalized spacial score (nSPS) is 10.5. The molecule has 3 aromatic rings. The van der Waals surface area contributed by atoms with Crippen LogP contribution < -0.4 is 4.74 Å². The highest BCUT2D eigenvalue weighted by Crippen LogP contribution is 2.27. The highest BCUT2D eigenvalue weighted by atomic mass is 19.1. The monoisotopic (exact) mass is 283 g/mol. The Morgan fingerprint density at radius 2 is 1.86 bits per heavy atom. The van der Waals surface area contributed by atoms with E-state index in [1.54, 1.807) is 12.1 Å². The van der Waals surface area contributed by atoms with Crippen molar-refractivity contribution in [1.82, 2.24) is 4.98 Å². The Kier molecular flexibility index (Phi) is 3.23. The van der Waals surface area contributed by atoms with E-state index in [4.69, 9.17) is 9.84 Å². The van der Waals surface area contributed by atoms with E-state index in [0.717, 1.165) is 11.5 Å². The van der Waals surface area contributed by atoms with E-state index in [1.807, 2.05) is 24.3 Å². The molecule has 0 fully saturated rings. The summed E-state index contributed by atoms with van der Waals surface area (Å²) in [5.41, 5.74) is 0.204. The number of carboxylic acids is 1. The van der Waals surface area contributed by atoms with Crippen LogP contribution >= 0.6 is 0 Å². The van der Waals surface area contributed by atoms with Crippen molar-refractivity contribution in [2.75, 3.05) is 0 Å². The molecule has 0 saturated heterocycles. The van der Waals surface area contributed by atoms with Gasteiger partial charge < -0.3 is 9.84 Å². The van der Waals surface area contributed by atoms with Gasteiger partial charge in [-0.25, -0.2) is 14.2 Å². The summed E-state index contributed by atoms with van der Waals surface area (Å²) >= 11 is 0. The average molecular weight is 283 g/mol. The molecule has 1 N–H and O–H groups in total. The molecule has 0 saturated carbocycles. The number of para-hydroxylation sites is 1. The maximum absolute atomic E-state index is 13.6. The second-order valence-electron chi connectivity index (χ2n) is 4.36. The Hall–Kier alpha value is -2.95. The number of ether oxygens (including phenoxy) is 1. The van der Waals surface area contributed by atoms with E-state index < -0.39 is 17.3 Å². The highest BCUT2D eigenvalue weighted by Gasteiger charge is 2.17. The van der Waals surface area contributed by atoms with Crippen LogP contribution in [0.3, 0.4) is 0 Å². The zero-order valence-electron chi connectivity index (χ0n) is 10.8. The lowest BCUT2D eigenvalue weighted by Crippen LogP contribution is -2.03. The first-order valence-corrected chi connectivity index (χ1v) is 6.20. The third-order valence-electron chi connectivity index (χ3n) is 2.98. The lowest BCUT2D eigenvalue weighted by atomic mass is 10.2. The van der Waals surface area contributed by atoms with E-state index >= 15 is 0 Å². The van der Waals surface area contributed by atoms with Crippen molar-refractivity contribution >= 4 is 16.9 Å². The molecular formula is C16H10FNO3. The van der Waals surface area contributed by atoms with Crippen LogP contribution in [0.15, 0.2) is 54.6 Å². The molecule has 0 aliphatic carbocycles. The number of halogens is 1. The lowest BCUT2D eigenvalue weighted by Gasteiger charge is -2.09. The van der Waals surface area contributed by atoms with Crippen molar-refractivity contribution in [3.63, 3.8) is 0 Å². The molecule has 0 amide bonds. The first-order chi connectivity index (χ1) is 10.1. The van der Waals surface area contributed by atoms with Crippen LogP contribution in [0.5, 0.6) is 11.6 Å². The van der Waals surface area contributed by atoms with Crippen LogP contribution in [0.1, 0.15) is 10.4 Å². The highest BCUT2D eigenvalue weighted by molar-refractivity contribution is 5.91. The molecule has 0 aliphatic rings. The second-order valence-corrected chi connectivity index (χ2v) is 4.36. The minimum Gasteiger partial charge on any atom is -0.477 e. The van der Waals surface area contributed by atoms with E-state index in [0.29, 0.717) is 5.52 Å². The Balaban J connectivity index is 2.02. The molecule has 1 aromatic heterocycles. The summed E-state index contributed by atoms with van der Waals surface area (Å²) in [6, 6.07) is 14.7. The van der Waals surface area contributed by atoms with Gasteiger partial charge in [0.15, 0.2) is 0 Å². The van der Waals surface area contributed by atoms with E-state index in [2.05, 4.69) is 4.98 Å². The number of hydrogen-bond donors (Lipinski definition) is 1. The number of pyridine rings is 1. The van der Waals surface area contributed by atoms with Gasteiger partial charge in [0.2, 0.25) is 5.88 Å². The minimum absolute atomic E-state index is 0.0784. The van der Waals surface area contributed by atoms with Crippen molar-refractivity contribution in [3.05, 3.63) is 66.0 Å². The molecule has 0 radical (unpaired) electrons. The van der Waals surface area contributed by atoms with Crippen LogP contribution in [0.2, 0.25) is 0 Å². The summed E-state index contributed by atoms with van der Waals surface area (Å²) in [7, 11) is 0. The Labute approximate surface area is 119 Å². The molecule has 2 aromatic carbocycles. The Morgan fingerprint density at radius 1 is 1.05 bits per heavy atom. The first kappa shape index (κ1) is 13.1. The smallest absolute Gasteiger partial charge is 0.342 e. The Bertz CT molecular complexity index is 833. The number of carbonyl (C=O) groups is 1. The standard InChI is InChI=1S/C16H10FNO3/c17-11-5-3-7-13(15(11)16(19)20)21-14-9-8-10-4-1-2-6-12(10)18-14/h1-9H,(H,19,20). The minimum atomic E-state index is -1.39. The number of fused-ring (bicyclic) bond motifs is 1. The zero-order valence-corrected chi connectivity index (χ0v) is 10.8. The van der Waals surface area contributed by atoms with Gasteiger partial charge in [-0.1, -0.05) is 24.3 Å². The van der Waals surface area contributed by atoms with Crippen molar-refractivity contribution in [2.45, 2.75) is 0 Å². The van der Waals surface area contributed by atoms with Gasteiger partial charge in [0.05, 0.1) is 5.52 Å². The lowest BCUT2D eigenvalue weighted by molar-refractivity contribution is 0.0689. The van der Waals surface area contributed by atoms with Crippen LogP contribution in [0.25, 0.3) is 10.9 Å². The maximum atomic E-state index is 13.6. The SMILES string of the molecule is O=C(O)c1c(F)cccc1Oc1ccc2ccccc2n1. The largest absolute Gasteiger partial charge is 0.477 e. The summed E-state index contributed by atoms with van der Waals surface area (Å²) < 4.78 is 19.0. The van der Waals surface area contributed by atoms with Crippen molar-refractivity contribution in [2.24, 2.45) is 0 Å². The maximum Gasteiger partial charge on any atom is 0.342 e. The van der Waals surface area contributed by atoms with Gasteiger partial charge in [0, 0.05) is 11.5 Å². The molecule has 1 heterocycles. The van der Waals surface area contributed by atoms with E-state index in [1.165, 1.54) is 12.1 Å². The number of benzene rings is 2. The first-order valence-electron chi connectivity index (χ1n) is 6.20. The summed E-state index contributed by atoms with van der Waals surface area (Å²) in [6.45, 7) is 0. The Morgan fingerprint density at radius 3 is 2.67 bits per heavy atom. The molecule has 0 spiro atoms.